The molecule has 0 spiro atoms. The van der Waals surface area contributed by atoms with Crippen molar-refractivity contribution in [3.8, 4) is 0 Å². The van der Waals surface area contributed by atoms with Gasteiger partial charge in [-0.25, -0.2) is 8.42 Å². The molecule has 4 nitrogen and oxygen atoms in total. The summed E-state index contributed by atoms with van der Waals surface area (Å²) in [7, 11) is -3.08. The lowest BCUT2D eigenvalue weighted by Crippen LogP contribution is -2.49. The molecule has 0 atom stereocenters. The summed E-state index contributed by atoms with van der Waals surface area (Å²) in [4.78, 5) is 0. The number of nitrogens with one attached hydrogen (secondary N) is 1. The molecule has 2 heterocycles. The molecule has 94 valence electrons. The minimum atomic E-state index is -3.08. The Labute approximate surface area is 98.4 Å². The Balaban J connectivity index is 2.18. The lowest BCUT2D eigenvalue weighted by molar-refractivity contribution is 0.285. The highest BCUT2D eigenvalue weighted by molar-refractivity contribution is 7.89. The first-order chi connectivity index (χ1) is 7.44. The second kappa shape index (κ2) is 4.27. The number of sulfonamides is 1. The fraction of sp³-hybridized carbons (Fsp3) is 1.00. The predicted molar refractivity (Wildman–Crippen MR) is 64.8 cm³/mol. The van der Waals surface area contributed by atoms with Crippen LogP contribution in [0.3, 0.4) is 0 Å². The third-order valence-corrected chi connectivity index (χ3v) is 6.44. The molecular weight excluding hydrogens is 224 g/mol. The van der Waals surface area contributed by atoms with E-state index in [1.54, 1.807) is 4.31 Å². The third kappa shape index (κ3) is 2.13. The average Bonchev–Trinajstić information content (AvgIpc) is 2.60. The van der Waals surface area contributed by atoms with E-state index in [1.165, 1.54) is 0 Å². The molecule has 0 aromatic heterocycles. The SMILES string of the molecule is CC1(C)CCCN1S(=O)(=O)C1CCNCC1. The Morgan fingerprint density at radius 3 is 2.38 bits per heavy atom. The molecule has 0 radical (unpaired) electrons. The van der Waals surface area contributed by atoms with Gasteiger partial charge in [0.25, 0.3) is 0 Å². The van der Waals surface area contributed by atoms with E-state index in [-0.39, 0.29) is 10.8 Å². The zero-order valence-electron chi connectivity index (χ0n) is 10.2. The second-order valence-electron chi connectivity index (χ2n) is 5.48. The summed E-state index contributed by atoms with van der Waals surface area (Å²) in [5, 5.41) is 3.05. The Kier molecular flexibility index (Phi) is 3.29. The van der Waals surface area contributed by atoms with Crippen molar-refractivity contribution in [3.05, 3.63) is 0 Å². The molecule has 2 saturated heterocycles. The monoisotopic (exact) mass is 246 g/mol. The number of hydrogen-bond donors (Lipinski definition) is 1. The van der Waals surface area contributed by atoms with Gasteiger partial charge in [0.2, 0.25) is 10.0 Å². The summed E-state index contributed by atoms with van der Waals surface area (Å²) in [5.41, 5.74) is -0.177. The van der Waals surface area contributed by atoms with E-state index in [1.807, 2.05) is 13.8 Å². The molecule has 0 aromatic rings. The first-order valence-electron chi connectivity index (χ1n) is 6.17. The van der Waals surface area contributed by atoms with Gasteiger partial charge in [0, 0.05) is 12.1 Å². The molecule has 0 saturated carbocycles. The quantitative estimate of drug-likeness (QED) is 0.789. The maximum Gasteiger partial charge on any atom is 0.217 e. The topological polar surface area (TPSA) is 49.4 Å². The maximum atomic E-state index is 12.5. The van der Waals surface area contributed by atoms with Crippen LogP contribution >= 0.6 is 0 Å². The van der Waals surface area contributed by atoms with Crippen LogP contribution in [0.1, 0.15) is 39.5 Å². The second-order valence-corrected chi connectivity index (χ2v) is 7.62. The largest absolute Gasteiger partial charge is 0.317 e. The number of piperidine rings is 1. The Bertz CT molecular complexity index is 345. The number of nitrogens with zero attached hydrogens (tertiary/aromatic N) is 1. The van der Waals surface area contributed by atoms with Crippen molar-refractivity contribution in [3.63, 3.8) is 0 Å². The average molecular weight is 246 g/mol. The van der Waals surface area contributed by atoms with Crippen LogP contribution in [0.15, 0.2) is 0 Å². The fourth-order valence-corrected chi connectivity index (χ4v) is 5.18. The summed E-state index contributed by atoms with van der Waals surface area (Å²) < 4.78 is 26.7. The molecule has 5 heteroatoms. The van der Waals surface area contributed by atoms with Crippen LogP contribution in [-0.4, -0.2) is 43.1 Å². The minimum Gasteiger partial charge on any atom is -0.317 e. The Morgan fingerprint density at radius 2 is 1.88 bits per heavy atom. The van der Waals surface area contributed by atoms with E-state index in [9.17, 15) is 8.42 Å². The summed E-state index contributed by atoms with van der Waals surface area (Å²) in [6, 6.07) is 0. The molecule has 1 N–H and O–H groups in total. The Hall–Kier alpha value is -0.130. The van der Waals surface area contributed by atoms with Gasteiger partial charge in [0.15, 0.2) is 0 Å². The molecule has 0 aliphatic carbocycles. The molecule has 2 rings (SSSR count). The van der Waals surface area contributed by atoms with Crippen molar-refractivity contribution < 1.29 is 8.42 Å². The highest BCUT2D eigenvalue weighted by Gasteiger charge is 2.43. The highest BCUT2D eigenvalue weighted by atomic mass is 32.2. The highest BCUT2D eigenvalue weighted by Crippen LogP contribution is 2.33. The van der Waals surface area contributed by atoms with Crippen molar-refractivity contribution in [1.82, 2.24) is 9.62 Å². The zero-order chi connectivity index (χ0) is 11.8. The molecule has 0 bridgehead atoms. The van der Waals surface area contributed by atoms with Crippen LogP contribution < -0.4 is 5.32 Å². The van der Waals surface area contributed by atoms with Crippen LogP contribution in [0.25, 0.3) is 0 Å². The van der Waals surface area contributed by atoms with Gasteiger partial charge in [-0.3, -0.25) is 0 Å². The summed E-state index contributed by atoms with van der Waals surface area (Å²) in [5.74, 6) is 0. The lowest BCUT2D eigenvalue weighted by atomic mass is 10.0. The standard InChI is InChI=1S/C11H22N2O2S/c1-11(2)6-3-9-13(11)16(14,15)10-4-7-12-8-5-10/h10,12H,3-9H2,1-2H3. The molecule has 2 aliphatic rings. The summed E-state index contributed by atoms with van der Waals surface area (Å²) in [6.45, 7) is 6.45. The van der Waals surface area contributed by atoms with Crippen LogP contribution in [0.4, 0.5) is 0 Å². The molecule has 2 aliphatic heterocycles. The van der Waals surface area contributed by atoms with Crippen LogP contribution in [0, 0.1) is 0 Å². The lowest BCUT2D eigenvalue weighted by Gasteiger charge is -2.35. The van der Waals surface area contributed by atoms with Gasteiger partial charge in [-0.05, 0) is 52.6 Å². The van der Waals surface area contributed by atoms with Gasteiger partial charge in [-0.15, -0.1) is 0 Å². The van der Waals surface area contributed by atoms with E-state index >= 15 is 0 Å². The molecular formula is C11H22N2O2S. The molecule has 0 unspecified atom stereocenters. The van der Waals surface area contributed by atoms with Crippen molar-refractivity contribution in [1.29, 1.82) is 0 Å². The van der Waals surface area contributed by atoms with Crippen molar-refractivity contribution in [2.24, 2.45) is 0 Å². The van der Waals surface area contributed by atoms with Crippen molar-refractivity contribution in [2.45, 2.75) is 50.3 Å². The maximum absolute atomic E-state index is 12.5. The van der Waals surface area contributed by atoms with Gasteiger partial charge in [0.1, 0.15) is 0 Å². The molecule has 16 heavy (non-hydrogen) atoms. The molecule has 2 fully saturated rings. The zero-order valence-corrected chi connectivity index (χ0v) is 11.0. The van der Waals surface area contributed by atoms with E-state index in [2.05, 4.69) is 5.32 Å². The first kappa shape index (κ1) is 12.3. The number of hydrogen-bond acceptors (Lipinski definition) is 3. The molecule has 0 aromatic carbocycles. The van der Waals surface area contributed by atoms with Gasteiger partial charge < -0.3 is 5.32 Å². The third-order valence-electron chi connectivity index (χ3n) is 3.84. The number of rotatable bonds is 2. The van der Waals surface area contributed by atoms with E-state index in [0.717, 1.165) is 38.8 Å². The van der Waals surface area contributed by atoms with Gasteiger partial charge in [-0.2, -0.15) is 4.31 Å². The first-order valence-corrected chi connectivity index (χ1v) is 7.67. The van der Waals surface area contributed by atoms with Crippen LogP contribution in [0.2, 0.25) is 0 Å². The van der Waals surface area contributed by atoms with E-state index in [0.29, 0.717) is 6.54 Å². The van der Waals surface area contributed by atoms with Crippen molar-refractivity contribution >= 4 is 10.0 Å². The predicted octanol–water partition coefficient (Wildman–Crippen LogP) is 0.943. The summed E-state index contributed by atoms with van der Waals surface area (Å²) >= 11 is 0. The van der Waals surface area contributed by atoms with Gasteiger partial charge in [-0.1, -0.05) is 0 Å². The summed E-state index contributed by atoms with van der Waals surface area (Å²) in [6.07, 6.45) is 3.50. The van der Waals surface area contributed by atoms with Gasteiger partial charge in [0.05, 0.1) is 5.25 Å². The van der Waals surface area contributed by atoms with Crippen LogP contribution in [0.5, 0.6) is 0 Å². The minimum absolute atomic E-state index is 0.161. The smallest absolute Gasteiger partial charge is 0.217 e. The van der Waals surface area contributed by atoms with Crippen LogP contribution in [-0.2, 0) is 10.0 Å². The van der Waals surface area contributed by atoms with E-state index < -0.39 is 10.0 Å². The van der Waals surface area contributed by atoms with Crippen molar-refractivity contribution in [2.75, 3.05) is 19.6 Å². The van der Waals surface area contributed by atoms with Gasteiger partial charge >= 0.3 is 0 Å². The Morgan fingerprint density at radius 1 is 1.25 bits per heavy atom. The fourth-order valence-electron chi connectivity index (χ4n) is 2.83. The molecule has 0 amide bonds. The normalized spacial score (nSPS) is 28.4. The van der Waals surface area contributed by atoms with E-state index in [4.69, 9.17) is 0 Å².